The SMILES string of the molecule is COc1ccccc1NC(=O)C1CCn2cnc(C)c2C1. The highest BCUT2D eigenvalue weighted by atomic mass is 16.5. The molecule has 0 aliphatic carbocycles. The Hall–Kier alpha value is -2.30. The number of nitrogens with one attached hydrogen (secondary N) is 1. The summed E-state index contributed by atoms with van der Waals surface area (Å²) >= 11 is 0. The molecule has 1 atom stereocenters. The molecule has 110 valence electrons. The third-order valence-electron chi connectivity index (χ3n) is 4.05. The predicted octanol–water partition coefficient (Wildman–Crippen LogP) is 2.40. The predicted molar refractivity (Wildman–Crippen MR) is 80.4 cm³/mol. The van der Waals surface area contributed by atoms with Gasteiger partial charge in [-0.15, -0.1) is 0 Å². The van der Waals surface area contributed by atoms with Crippen LogP contribution >= 0.6 is 0 Å². The smallest absolute Gasteiger partial charge is 0.228 e. The molecule has 1 unspecified atom stereocenters. The number of ether oxygens (including phenoxy) is 1. The van der Waals surface area contributed by atoms with Crippen LogP contribution in [0, 0.1) is 12.8 Å². The molecule has 1 aromatic carbocycles. The van der Waals surface area contributed by atoms with Crippen LogP contribution in [-0.2, 0) is 17.8 Å². The first-order valence-corrected chi connectivity index (χ1v) is 7.13. The van der Waals surface area contributed by atoms with E-state index in [0.717, 1.165) is 30.8 Å². The molecule has 1 aliphatic rings. The molecule has 1 amide bonds. The normalized spacial score (nSPS) is 17.1. The van der Waals surface area contributed by atoms with Crippen LogP contribution in [0.15, 0.2) is 30.6 Å². The summed E-state index contributed by atoms with van der Waals surface area (Å²) in [7, 11) is 1.60. The van der Waals surface area contributed by atoms with Crippen LogP contribution in [0.5, 0.6) is 5.75 Å². The van der Waals surface area contributed by atoms with Crippen molar-refractivity contribution >= 4 is 11.6 Å². The maximum Gasteiger partial charge on any atom is 0.228 e. The van der Waals surface area contributed by atoms with Gasteiger partial charge in [0.15, 0.2) is 0 Å². The van der Waals surface area contributed by atoms with E-state index in [9.17, 15) is 4.79 Å². The average Bonchev–Trinajstić information content (AvgIpc) is 2.88. The second-order valence-corrected chi connectivity index (χ2v) is 5.35. The lowest BCUT2D eigenvalue weighted by atomic mass is 9.94. The fourth-order valence-electron chi connectivity index (χ4n) is 2.80. The number of anilines is 1. The monoisotopic (exact) mass is 285 g/mol. The Morgan fingerprint density at radius 3 is 3.05 bits per heavy atom. The lowest BCUT2D eigenvalue weighted by Crippen LogP contribution is -2.30. The van der Waals surface area contributed by atoms with Crippen LogP contribution < -0.4 is 10.1 Å². The van der Waals surface area contributed by atoms with Crippen molar-refractivity contribution < 1.29 is 9.53 Å². The average molecular weight is 285 g/mol. The Bertz CT molecular complexity index is 663. The van der Waals surface area contributed by atoms with Gasteiger partial charge in [-0.25, -0.2) is 4.98 Å². The number of rotatable bonds is 3. The Kier molecular flexibility index (Phi) is 3.64. The third kappa shape index (κ3) is 2.63. The lowest BCUT2D eigenvalue weighted by molar-refractivity contribution is -0.120. The van der Waals surface area contributed by atoms with E-state index < -0.39 is 0 Å². The largest absolute Gasteiger partial charge is 0.495 e. The Morgan fingerprint density at radius 1 is 1.43 bits per heavy atom. The van der Waals surface area contributed by atoms with Gasteiger partial charge in [-0.05, 0) is 25.5 Å². The summed E-state index contributed by atoms with van der Waals surface area (Å²) in [6, 6.07) is 7.47. The molecule has 0 bridgehead atoms. The van der Waals surface area contributed by atoms with Gasteiger partial charge >= 0.3 is 0 Å². The van der Waals surface area contributed by atoms with Gasteiger partial charge in [-0.3, -0.25) is 4.79 Å². The molecule has 21 heavy (non-hydrogen) atoms. The minimum atomic E-state index is -0.0159. The van der Waals surface area contributed by atoms with E-state index in [1.54, 1.807) is 7.11 Å². The highest BCUT2D eigenvalue weighted by Gasteiger charge is 2.26. The zero-order chi connectivity index (χ0) is 14.8. The van der Waals surface area contributed by atoms with Gasteiger partial charge in [0.25, 0.3) is 0 Å². The second-order valence-electron chi connectivity index (χ2n) is 5.35. The van der Waals surface area contributed by atoms with Crippen molar-refractivity contribution in [3.8, 4) is 5.75 Å². The van der Waals surface area contributed by atoms with Gasteiger partial charge in [-0.2, -0.15) is 0 Å². The Balaban J connectivity index is 1.74. The number of para-hydroxylation sites is 2. The van der Waals surface area contributed by atoms with Crippen LogP contribution in [0.4, 0.5) is 5.69 Å². The summed E-state index contributed by atoms with van der Waals surface area (Å²) in [5.74, 6) is 0.715. The first-order valence-electron chi connectivity index (χ1n) is 7.13. The van der Waals surface area contributed by atoms with Gasteiger partial charge in [0.1, 0.15) is 5.75 Å². The van der Waals surface area contributed by atoms with E-state index in [0.29, 0.717) is 5.75 Å². The summed E-state index contributed by atoms with van der Waals surface area (Å²) in [6.07, 6.45) is 3.44. The number of methoxy groups -OCH3 is 1. The Labute approximate surface area is 124 Å². The number of aryl methyl sites for hydroxylation is 2. The van der Waals surface area contributed by atoms with E-state index in [1.807, 2.05) is 37.5 Å². The molecule has 1 aliphatic heterocycles. The zero-order valence-electron chi connectivity index (χ0n) is 12.3. The number of aromatic nitrogens is 2. The van der Waals surface area contributed by atoms with Gasteiger partial charge in [0, 0.05) is 24.6 Å². The topological polar surface area (TPSA) is 56.1 Å². The standard InChI is InChI=1S/C16H19N3O2/c1-11-14-9-12(7-8-19(14)10-17-11)16(20)18-13-5-3-4-6-15(13)21-2/h3-6,10,12H,7-9H2,1-2H3,(H,18,20). The highest BCUT2D eigenvalue weighted by Crippen LogP contribution is 2.27. The van der Waals surface area contributed by atoms with Gasteiger partial charge in [-0.1, -0.05) is 12.1 Å². The fraction of sp³-hybridized carbons (Fsp3) is 0.375. The maximum absolute atomic E-state index is 12.5. The van der Waals surface area contributed by atoms with Crippen molar-refractivity contribution in [3.63, 3.8) is 0 Å². The molecule has 5 nitrogen and oxygen atoms in total. The first-order chi connectivity index (χ1) is 10.2. The van der Waals surface area contributed by atoms with E-state index in [2.05, 4.69) is 14.9 Å². The number of benzene rings is 1. The molecule has 0 fully saturated rings. The second kappa shape index (κ2) is 5.60. The summed E-state index contributed by atoms with van der Waals surface area (Å²) < 4.78 is 7.41. The van der Waals surface area contributed by atoms with E-state index in [-0.39, 0.29) is 11.8 Å². The molecular formula is C16H19N3O2. The van der Waals surface area contributed by atoms with Gasteiger partial charge in [0.2, 0.25) is 5.91 Å². The minimum absolute atomic E-state index is 0.0159. The van der Waals surface area contributed by atoms with Crippen molar-refractivity contribution in [2.24, 2.45) is 5.92 Å². The van der Waals surface area contributed by atoms with Crippen LogP contribution in [0.1, 0.15) is 17.8 Å². The number of nitrogens with zero attached hydrogens (tertiary/aromatic N) is 2. The highest BCUT2D eigenvalue weighted by molar-refractivity contribution is 5.94. The summed E-state index contributed by atoms with van der Waals surface area (Å²) in [5.41, 5.74) is 2.91. The van der Waals surface area contributed by atoms with Crippen molar-refractivity contribution in [1.82, 2.24) is 9.55 Å². The van der Waals surface area contributed by atoms with E-state index in [4.69, 9.17) is 4.74 Å². The molecule has 0 saturated heterocycles. The number of fused-ring (bicyclic) bond motifs is 1. The minimum Gasteiger partial charge on any atom is -0.495 e. The van der Waals surface area contributed by atoms with Gasteiger partial charge in [0.05, 0.1) is 24.8 Å². The number of imidazole rings is 1. The van der Waals surface area contributed by atoms with Crippen molar-refractivity contribution in [2.45, 2.75) is 26.3 Å². The number of carbonyl (C=O) groups excluding carboxylic acids is 1. The number of hydrogen-bond donors (Lipinski definition) is 1. The Morgan fingerprint density at radius 2 is 2.24 bits per heavy atom. The van der Waals surface area contributed by atoms with E-state index in [1.165, 1.54) is 5.69 Å². The van der Waals surface area contributed by atoms with Crippen LogP contribution in [-0.4, -0.2) is 22.6 Å². The van der Waals surface area contributed by atoms with Crippen molar-refractivity contribution in [2.75, 3.05) is 12.4 Å². The maximum atomic E-state index is 12.5. The fourth-order valence-corrected chi connectivity index (χ4v) is 2.80. The molecule has 1 N–H and O–H groups in total. The molecule has 1 aromatic heterocycles. The van der Waals surface area contributed by atoms with Crippen LogP contribution in [0.2, 0.25) is 0 Å². The quantitative estimate of drug-likeness (QED) is 0.942. The first kappa shape index (κ1) is 13.7. The molecule has 5 heteroatoms. The molecule has 0 saturated carbocycles. The summed E-state index contributed by atoms with van der Waals surface area (Å²) in [4.78, 5) is 16.8. The third-order valence-corrected chi connectivity index (χ3v) is 4.05. The zero-order valence-corrected chi connectivity index (χ0v) is 12.3. The van der Waals surface area contributed by atoms with Gasteiger partial charge < -0.3 is 14.6 Å². The van der Waals surface area contributed by atoms with Crippen molar-refractivity contribution in [3.05, 3.63) is 42.0 Å². The molecule has 2 aromatic rings. The molecule has 0 spiro atoms. The number of carbonyl (C=O) groups is 1. The van der Waals surface area contributed by atoms with E-state index >= 15 is 0 Å². The van der Waals surface area contributed by atoms with Crippen molar-refractivity contribution in [1.29, 1.82) is 0 Å². The molecule has 0 radical (unpaired) electrons. The lowest BCUT2D eigenvalue weighted by Gasteiger charge is -2.24. The number of hydrogen-bond acceptors (Lipinski definition) is 3. The van der Waals surface area contributed by atoms with Crippen LogP contribution in [0.25, 0.3) is 0 Å². The molecule has 2 heterocycles. The number of amides is 1. The van der Waals surface area contributed by atoms with Crippen LogP contribution in [0.3, 0.4) is 0 Å². The summed E-state index contributed by atoms with van der Waals surface area (Å²) in [5, 5.41) is 2.98. The molecular weight excluding hydrogens is 266 g/mol. The summed E-state index contributed by atoms with van der Waals surface area (Å²) in [6.45, 7) is 2.84. The molecule has 3 rings (SSSR count).